The number of carboxylic acid groups (broad SMARTS) is 1. The normalized spacial score (nSPS) is 20.9. The second kappa shape index (κ2) is 5.85. The summed E-state index contributed by atoms with van der Waals surface area (Å²) in [6.07, 6.45) is 2.89. The quantitative estimate of drug-likeness (QED) is 0.932. The Labute approximate surface area is 116 Å². The number of likely N-dealkylation sites (tertiary alicyclic amines) is 1. The Kier molecular flexibility index (Phi) is 4.40. The van der Waals surface area contributed by atoms with Gasteiger partial charge in [0.1, 0.15) is 6.04 Å². The number of carboxylic acids is 1. The largest absolute Gasteiger partial charge is 0.480 e. The van der Waals surface area contributed by atoms with Crippen molar-refractivity contribution >= 4 is 21.9 Å². The molecule has 1 aliphatic rings. The molecule has 0 spiro atoms. The lowest BCUT2D eigenvalue weighted by atomic mass is 10.0. The van der Waals surface area contributed by atoms with Gasteiger partial charge in [0.15, 0.2) is 0 Å². The summed E-state index contributed by atoms with van der Waals surface area (Å²) in [7, 11) is 0. The highest BCUT2D eigenvalue weighted by molar-refractivity contribution is 9.10. The van der Waals surface area contributed by atoms with Gasteiger partial charge >= 0.3 is 5.97 Å². The molecule has 1 N–H and O–H groups in total. The van der Waals surface area contributed by atoms with Gasteiger partial charge in [-0.25, -0.2) is 0 Å². The van der Waals surface area contributed by atoms with Gasteiger partial charge < -0.3 is 5.11 Å². The third-order valence-corrected chi connectivity index (χ3v) is 4.40. The van der Waals surface area contributed by atoms with Crippen molar-refractivity contribution in [2.75, 3.05) is 6.54 Å². The van der Waals surface area contributed by atoms with E-state index in [9.17, 15) is 9.90 Å². The molecule has 1 fully saturated rings. The molecule has 0 bridgehead atoms. The third kappa shape index (κ3) is 3.12. The summed E-state index contributed by atoms with van der Waals surface area (Å²) in [5.74, 6) is -0.691. The fourth-order valence-corrected chi connectivity index (χ4v) is 2.75. The van der Waals surface area contributed by atoms with Gasteiger partial charge in [0.2, 0.25) is 0 Å². The van der Waals surface area contributed by atoms with E-state index in [4.69, 9.17) is 0 Å². The third-order valence-electron chi connectivity index (χ3n) is 3.51. The van der Waals surface area contributed by atoms with E-state index < -0.39 is 5.97 Å². The summed E-state index contributed by atoms with van der Waals surface area (Å²) in [6.45, 7) is 3.66. The van der Waals surface area contributed by atoms with Crippen molar-refractivity contribution in [1.82, 2.24) is 4.90 Å². The summed E-state index contributed by atoms with van der Waals surface area (Å²) < 4.78 is 1.10. The van der Waals surface area contributed by atoms with Crippen LogP contribution in [0.5, 0.6) is 0 Å². The van der Waals surface area contributed by atoms with Crippen LogP contribution in [0.3, 0.4) is 0 Å². The van der Waals surface area contributed by atoms with Crippen molar-refractivity contribution in [1.29, 1.82) is 0 Å². The summed E-state index contributed by atoms with van der Waals surface area (Å²) >= 11 is 3.48. The monoisotopic (exact) mass is 311 g/mol. The van der Waals surface area contributed by atoms with Crippen LogP contribution in [0.4, 0.5) is 0 Å². The van der Waals surface area contributed by atoms with Crippen LogP contribution in [0, 0.1) is 6.92 Å². The number of rotatable bonds is 3. The Hall–Kier alpha value is -0.870. The number of nitrogens with zero attached hydrogens (tertiary/aromatic N) is 1. The molecule has 2 rings (SSSR count). The molecular weight excluding hydrogens is 294 g/mol. The van der Waals surface area contributed by atoms with Crippen LogP contribution in [0.15, 0.2) is 22.7 Å². The Balaban J connectivity index is 2.10. The molecule has 0 amide bonds. The molecule has 1 heterocycles. The van der Waals surface area contributed by atoms with Gasteiger partial charge in [0.25, 0.3) is 0 Å². The van der Waals surface area contributed by atoms with Crippen LogP contribution < -0.4 is 0 Å². The summed E-state index contributed by atoms with van der Waals surface area (Å²) in [5, 5.41) is 9.24. The van der Waals surface area contributed by atoms with E-state index in [1.165, 1.54) is 11.1 Å². The number of hydrogen-bond acceptors (Lipinski definition) is 2. The molecule has 3 nitrogen and oxygen atoms in total. The first kappa shape index (κ1) is 13.6. The van der Waals surface area contributed by atoms with Gasteiger partial charge in [0, 0.05) is 11.0 Å². The molecule has 0 aliphatic carbocycles. The van der Waals surface area contributed by atoms with Crippen LogP contribution in [0.1, 0.15) is 30.4 Å². The lowest BCUT2D eigenvalue weighted by Crippen LogP contribution is -2.43. The average molecular weight is 312 g/mol. The lowest BCUT2D eigenvalue weighted by Gasteiger charge is -2.32. The fraction of sp³-hybridized carbons (Fsp3) is 0.500. The number of benzene rings is 1. The molecule has 1 unspecified atom stereocenters. The lowest BCUT2D eigenvalue weighted by molar-refractivity contribution is -0.144. The van der Waals surface area contributed by atoms with E-state index in [0.29, 0.717) is 0 Å². The zero-order valence-electron chi connectivity index (χ0n) is 10.5. The number of piperidine rings is 1. The number of carbonyl (C=O) groups is 1. The first-order chi connectivity index (χ1) is 8.58. The van der Waals surface area contributed by atoms with Crippen LogP contribution in [-0.4, -0.2) is 28.6 Å². The molecular formula is C14H18BrNO2. The molecule has 0 aromatic heterocycles. The second-order valence-corrected chi connectivity index (χ2v) is 5.76. The van der Waals surface area contributed by atoms with Gasteiger partial charge in [-0.3, -0.25) is 9.69 Å². The number of aryl methyl sites for hydroxylation is 1. The molecule has 1 saturated heterocycles. The van der Waals surface area contributed by atoms with Crippen LogP contribution >= 0.6 is 15.9 Å². The first-order valence-electron chi connectivity index (χ1n) is 6.30. The Bertz CT molecular complexity index is 447. The summed E-state index contributed by atoms with van der Waals surface area (Å²) in [6, 6.07) is 5.90. The van der Waals surface area contributed by atoms with Crippen LogP contribution in [0.2, 0.25) is 0 Å². The van der Waals surface area contributed by atoms with Crippen molar-refractivity contribution in [2.24, 2.45) is 0 Å². The zero-order valence-corrected chi connectivity index (χ0v) is 12.1. The number of aliphatic carboxylic acids is 1. The highest BCUT2D eigenvalue weighted by atomic mass is 79.9. The molecule has 1 aromatic rings. The molecule has 98 valence electrons. The molecule has 0 saturated carbocycles. The topological polar surface area (TPSA) is 40.5 Å². The maximum atomic E-state index is 11.2. The smallest absolute Gasteiger partial charge is 0.320 e. The van der Waals surface area contributed by atoms with E-state index >= 15 is 0 Å². The minimum atomic E-state index is -0.691. The molecule has 1 aliphatic heterocycles. The van der Waals surface area contributed by atoms with Gasteiger partial charge in [0.05, 0.1) is 0 Å². The molecule has 4 heteroatoms. The summed E-state index contributed by atoms with van der Waals surface area (Å²) in [5.41, 5.74) is 2.38. The van der Waals surface area contributed by atoms with E-state index in [1.807, 2.05) is 6.07 Å². The van der Waals surface area contributed by atoms with Crippen LogP contribution in [0.25, 0.3) is 0 Å². The minimum Gasteiger partial charge on any atom is -0.480 e. The number of hydrogen-bond donors (Lipinski definition) is 1. The van der Waals surface area contributed by atoms with Crippen molar-refractivity contribution < 1.29 is 9.90 Å². The van der Waals surface area contributed by atoms with Crippen molar-refractivity contribution in [3.8, 4) is 0 Å². The maximum Gasteiger partial charge on any atom is 0.320 e. The van der Waals surface area contributed by atoms with Crippen molar-refractivity contribution in [3.05, 3.63) is 33.8 Å². The molecule has 0 radical (unpaired) electrons. The van der Waals surface area contributed by atoms with Gasteiger partial charge in [-0.1, -0.05) is 34.5 Å². The zero-order chi connectivity index (χ0) is 13.1. The predicted octanol–water partition coefficient (Wildman–Crippen LogP) is 3.20. The SMILES string of the molecule is Cc1cc(CN2CCCCC2C(=O)O)ccc1Br. The molecule has 1 aromatic carbocycles. The van der Waals surface area contributed by atoms with Gasteiger partial charge in [-0.05, 0) is 43.5 Å². The first-order valence-corrected chi connectivity index (χ1v) is 7.09. The molecule has 1 atom stereocenters. The van der Waals surface area contributed by atoms with E-state index in [1.54, 1.807) is 0 Å². The highest BCUT2D eigenvalue weighted by Crippen LogP contribution is 2.22. The van der Waals surface area contributed by atoms with Gasteiger partial charge in [-0.15, -0.1) is 0 Å². The van der Waals surface area contributed by atoms with E-state index in [-0.39, 0.29) is 6.04 Å². The Morgan fingerprint density at radius 1 is 1.50 bits per heavy atom. The van der Waals surface area contributed by atoms with E-state index in [2.05, 4.69) is 39.9 Å². The van der Waals surface area contributed by atoms with E-state index in [0.717, 1.165) is 36.8 Å². The fourth-order valence-electron chi connectivity index (χ4n) is 2.50. The Morgan fingerprint density at radius 3 is 2.94 bits per heavy atom. The minimum absolute atomic E-state index is 0.317. The Morgan fingerprint density at radius 2 is 2.28 bits per heavy atom. The maximum absolute atomic E-state index is 11.2. The number of halogens is 1. The van der Waals surface area contributed by atoms with Crippen molar-refractivity contribution in [3.63, 3.8) is 0 Å². The second-order valence-electron chi connectivity index (χ2n) is 4.90. The standard InChI is InChI=1S/C14H18BrNO2/c1-10-8-11(5-6-12(10)15)9-16-7-3-2-4-13(16)14(17)18/h5-6,8,13H,2-4,7,9H2,1H3,(H,17,18). The van der Waals surface area contributed by atoms with Crippen molar-refractivity contribution in [2.45, 2.75) is 38.8 Å². The van der Waals surface area contributed by atoms with Crippen LogP contribution in [-0.2, 0) is 11.3 Å². The summed E-state index contributed by atoms with van der Waals surface area (Å²) in [4.78, 5) is 13.3. The molecule has 18 heavy (non-hydrogen) atoms. The predicted molar refractivity (Wildman–Crippen MR) is 74.6 cm³/mol. The highest BCUT2D eigenvalue weighted by Gasteiger charge is 2.28. The average Bonchev–Trinajstić information content (AvgIpc) is 2.34. The van der Waals surface area contributed by atoms with Gasteiger partial charge in [-0.2, -0.15) is 0 Å².